The second-order valence-corrected chi connectivity index (χ2v) is 8.83. The van der Waals surface area contributed by atoms with E-state index in [1.165, 1.54) is 36.1 Å². The Labute approximate surface area is 202 Å². The van der Waals surface area contributed by atoms with Crippen molar-refractivity contribution >= 4 is 11.9 Å². The van der Waals surface area contributed by atoms with Crippen LogP contribution in [0.1, 0.15) is 84.2 Å². The van der Waals surface area contributed by atoms with Crippen molar-refractivity contribution in [2.24, 2.45) is 0 Å². The van der Waals surface area contributed by atoms with Crippen molar-refractivity contribution in [2.45, 2.75) is 65.2 Å². The van der Waals surface area contributed by atoms with Gasteiger partial charge in [-0.05, 0) is 60.1 Å². The molecular formula is C30H34O4. The minimum Gasteiger partial charge on any atom is -0.478 e. The van der Waals surface area contributed by atoms with Gasteiger partial charge in [-0.3, -0.25) is 0 Å². The summed E-state index contributed by atoms with van der Waals surface area (Å²) >= 11 is 0. The molecule has 0 fully saturated rings. The Bertz CT molecular complexity index is 1020. The summed E-state index contributed by atoms with van der Waals surface area (Å²) in [6, 6.07) is 18.5. The first-order valence-corrected chi connectivity index (χ1v) is 12.3. The standard InChI is InChI=1S/C30H34O4/c1-3-5-7-9-21-11-15-23(16-12-21)27-25(29(31)32)19-20-26(30(33)34)28(27)24-17-13-22(14-18-24)10-8-6-4-2/h11-20H,3-10H2,1-2H3,(H,31,32)(H,33,34). The first-order chi connectivity index (χ1) is 16.5. The van der Waals surface area contributed by atoms with Crippen molar-refractivity contribution in [3.63, 3.8) is 0 Å². The minimum atomic E-state index is -1.07. The molecule has 4 heteroatoms. The maximum absolute atomic E-state index is 12.2. The Morgan fingerprint density at radius 3 is 1.21 bits per heavy atom. The molecule has 3 aromatic carbocycles. The Balaban J connectivity index is 2.10. The van der Waals surface area contributed by atoms with Crippen LogP contribution >= 0.6 is 0 Å². The number of aromatic carboxylic acids is 2. The highest BCUT2D eigenvalue weighted by Crippen LogP contribution is 2.38. The summed E-state index contributed by atoms with van der Waals surface area (Å²) in [6.45, 7) is 4.34. The molecule has 0 atom stereocenters. The van der Waals surface area contributed by atoms with E-state index in [9.17, 15) is 19.8 Å². The fraction of sp³-hybridized carbons (Fsp3) is 0.333. The zero-order chi connectivity index (χ0) is 24.5. The van der Waals surface area contributed by atoms with Gasteiger partial charge in [0.2, 0.25) is 0 Å². The molecule has 0 heterocycles. The molecule has 4 nitrogen and oxygen atoms in total. The van der Waals surface area contributed by atoms with Gasteiger partial charge in [0.05, 0.1) is 11.1 Å². The predicted molar refractivity (Wildman–Crippen MR) is 138 cm³/mol. The van der Waals surface area contributed by atoms with Crippen LogP contribution in [-0.4, -0.2) is 22.2 Å². The average molecular weight is 459 g/mol. The summed E-state index contributed by atoms with van der Waals surface area (Å²) < 4.78 is 0. The summed E-state index contributed by atoms with van der Waals surface area (Å²) in [7, 11) is 0. The molecule has 0 aromatic heterocycles. The smallest absolute Gasteiger partial charge is 0.336 e. The monoisotopic (exact) mass is 458 g/mol. The van der Waals surface area contributed by atoms with Crippen LogP contribution in [0.15, 0.2) is 60.7 Å². The molecule has 0 bridgehead atoms. The van der Waals surface area contributed by atoms with Crippen LogP contribution in [0.4, 0.5) is 0 Å². The molecule has 0 aliphatic rings. The maximum Gasteiger partial charge on any atom is 0.336 e. The number of aryl methyl sites for hydroxylation is 2. The highest BCUT2D eigenvalue weighted by atomic mass is 16.4. The van der Waals surface area contributed by atoms with E-state index >= 15 is 0 Å². The van der Waals surface area contributed by atoms with Gasteiger partial charge in [0.1, 0.15) is 0 Å². The number of carbonyl (C=O) groups is 2. The molecular weight excluding hydrogens is 424 g/mol. The van der Waals surface area contributed by atoms with Gasteiger partial charge in [-0.15, -0.1) is 0 Å². The van der Waals surface area contributed by atoms with Gasteiger partial charge in [0.25, 0.3) is 0 Å². The van der Waals surface area contributed by atoms with Gasteiger partial charge in [-0.1, -0.05) is 88.1 Å². The second-order valence-electron chi connectivity index (χ2n) is 8.83. The van der Waals surface area contributed by atoms with Crippen molar-refractivity contribution in [3.8, 4) is 22.3 Å². The SMILES string of the molecule is CCCCCc1ccc(-c2c(C(=O)O)ccc(C(=O)O)c2-c2ccc(CCCCC)cc2)cc1. The van der Waals surface area contributed by atoms with Gasteiger partial charge >= 0.3 is 11.9 Å². The van der Waals surface area contributed by atoms with Crippen molar-refractivity contribution in [1.29, 1.82) is 0 Å². The molecule has 2 N–H and O–H groups in total. The van der Waals surface area contributed by atoms with Crippen LogP contribution in [0.3, 0.4) is 0 Å². The van der Waals surface area contributed by atoms with Crippen LogP contribution in [-0.2, 0) is 12.8 Å². The summed E-state index contributed by atoms with van der Waals surface area (Å²) in [5, 5.41) is 19.9. The number of rotatable bonds is 12. The van der Waals surface area contributed by atoms with Gasteiger partial charge in [0, 0.05) is 11.1 Å². The maximum atomic E-state index is 12.2. The van der Waals surface area contributed by atoms with E-state index in [2.05, 4.69) is 13.8 Å². The van der Waals surface area contributed by atoms with Crippen LogP contribution in [0.25, 0.3) is 22.3 Å². The lowest BCUT2D eigenvalue weighted by Gasteiger charge is -2.17. The van der Waals surface area contributed by atoms with E-state index in [4.69, 9.17) is 0 Å². The average Bonchev–Trinajstić information content (AvgIpc) is 2.84. The molecule has 3 rings (SSSR count). The Morgan fingerprint density at radius 2 is 0.912 bits per heavy atom. The van der Waals surface area contributed by atoms with Crippen LogP contribution < -0.4 is 0 Å². The Hall–Kier alpha value is -3.40. The number of benzene rings is 3. The molecule has 3 aromatic rings. The molecule has 178 valence electrons. The second kappa shape index (κ2) is 12.2. The summed E-state index contributed by atoms with van der Waals surface area (Å²) in [4.78, 5) is 24.3. The molecule has 0 aliphatic carbocycles. The highest BCUT2D eigenvalue weighted by molar-refractivity contribution is 6.08. The first-order valence-electron chi connectivity index (χ1n) is 12.3. The number of hydrogen-bond donors (Lipinski definition) is 2. The first kappa shape index (κ1) is 25.2. The predicted octanol–water partition coefficient (Wildman–Crippen LogP) is 7.88. The van der Waals surface area contributed by atoms with Crippen molar-refractivity contribution in [1.82, 2.24) is 0 Å². The van der Waals surface area contributed by atoms with E-state index in [1.54, 1.807) is 0 Å². The summed E-state index contributed by atoms with van der Waals surface area (Å²) in [6.07, 6.45) is 8.82. The zero-order valence-corrected chi connectivity index (χ0v) is 20.1. The molecule has 34 heavy (non-hydrogen) atoms. The number of carboxylic acids is 2. The summed E-state index contributed by atoms with van der Waals surface area (Å²) in [5.74, 6) is -2.15. The number of hydrogen-bond acceptors (Lipinski definition) is 2. The molecule has 0 radical (unpaired) electrons. The zero-order valence-electron chi connectivity index (χ0n) is 20.1. The summed E-state index contributed by atoms with van der Waals surface area (Å²) in [5.41, 5.74) is 4.92. The van der Waals surface area contributed by atoms with E-state index < -0.39 is 11.9 Å². The quantitative estimate of drug-likeness (QED) is 0.271. The van der Waals surface area contributed by atoms with Crippen LogP contribution in [0.5, 0.6) is 0 Å². The molecule has 0 saturated carbocycles. The number of carboxylic acid groups (broad SMARTS) is 2. The highest BCUT2D eigenvalue weighted by Gasteiger charge is 2.23. The molecule has 0 spiro atoms. The molecule has 0 unspecified atom stereocenters. The van der Waals surface area contributed by atoms with Gasteiger partial charge in [-0.2, -0.15) is 0 Å². The van der Waals surface area contributed by atoms with Crippen molar-refractivity contribution < 1.29 is 19.8 Å². The molecule has 0 amide bonds. The van der Waals surface area contributed by atoms with Gasteiger partial charge < -0.3 is 10.2 Å². The Kier molecular flexibility index (Phi) is 9.03. The fourth-order valence-electron chi connectivity index (χ4n) is 4.39. The van der Waals surface area contributed by atoms with Crippen molar-refractivity contribution in [2.75, 3.05) is 0 Å². The third kappa shape index (κ3) is 6.13. The van der Waals surface area contributed by atoms with Crippen LogP contribution in [0.2, 0.25) is 0 Å². The normalized spacial score (nSPS) is 10.9. The van der Waals surface area contributed by atoms with E-state index in [-0.39, 0.29) is 11.1 Å². The van der Waals surface area contributed by atoms with E-state index in [1.807, 2.05) is 48.5 Å². The third-order valence-corrected chi connectivity index (χ3v) is 6.29. The largest absolute Gasteiger partial charge is 0.478 e. The van der Waals surface area contributed by atoms with Gasteiger partial charge in [0.15, 0.2) is 0 Å². The molecule has 0 saturated heterocycles. The fourth-order valence-corrected chi connectivity index (χ4v) is 4.39. The number of unbranched alkanes of at least 4 members (excludes halogenated alkanes) is 4. The van der Waals surface area contributed by atoms with Crippen molar-refractivity contribution in [3.05, 3.63) is 82.9 Å². The van der Waals surface area contributed by atoms with Gasteiger partial charge in [-0.25, -0.2) is 9.59 Å². The van der Waals surface area contributed by atoms with Crippen LogP contribution in [0, 0.1) is 0 Å². The lowest BCUT2D eigenvalue weighted by molar-refractivity contribution is 0.0682. The van der Waals surface area contributed by atoms with E-state index in [0.29, 0.717) is 22.3 Å². The lowest BCUT2D eigenvalue weighted by Crippen LogP contribution is -2.07. The topological polar surface area (TPSA) is 74.6 Å². The third-order valence-electron chi connectivity index (χ3n) is 6.29. The Morgan fingerprint density at radius 1 is 0.559 bits per heavy atom. The van der Waals surface area contributed by atoms with E-state index in [0.717, 1.165) is 38.5 Å². The minimum absolute atomic E-state index is 0.103. The lowest BCUT2D eigenvalue weighted by atomic mass is 9.86. The molecule has 0 aliphatic heterocycles.